The van der Waals surface area contributed by atoms with Crippen molar-refractivity contribution in [3.8, 4) is 0 Å². The topological polar surface area (TPSA) is 61.4 Å². The third-order valence-electron chi connectivity index (χ3n) is 3.43. The van der Waals surface area contributed by atoms with Crippen LogP contribution in [0, 0.1) is 12.8 Å². The molecule has 4 nitrogen and oxygen atoms in total. The van der Waals surface area contributed by atoms with Crippen LogP contribution in [0.3, 0.4) is 0 Å². The summed E-state index contributed by atoms with van der Waals surface area (Å²) in [5.41, 5.74) is 1.89. The molecule has 3 unspecified atom stereocenters. The lowest BCUT2D eigenvalue weighted by Gasteiger charge is -2.14. The number of aliphatic hydroxyl groups excluding tert-OH is 1. The molecule has 1 saturated carbocycles. The first-order valence-electron chi connectivity index (χ1n) is 6.36. The van der Waals surface area contributed by atoms with Gasteiger partial charge in [0.1, 0.15) is 0 Å². The van der Waals surface area contributed by atoms with Crippen molar-refractivity contribution in [3.05, 3.63) is 35.4 Å². The zero-order valence-electron chi connectivity index (χ0n) is 10.8. The molecule has 3 N–H and O–H groups in total. The molecule has 4 heteroatoms. The van der Waals surface area contributed by atoms with E-state index in [4.69, 9.17) is 0 Å². The Morgan fingerprint density at radius 3 is 2.78 bits per heavy atom. The van der Waals surface area contributed by atoms with Gasteiger partial charge in [0, 0.05) is 12.6 Å². The first kappa shape index (κ1) is 12.9. The summed E-state index contributed by atoms with van der Waals surface area (Å²) in [6.07, 6.45) is 0.391. The summed E-state index contributed by atoms with van der Waals surface area (Å²) >= 11 is 0. The van der Waals surface area contributed by atoms with E-state index in [1.807, 2.05) is 31.2 Å². The van der Waals surface area contributed by atoms with Crippen molar-refractivity contribution < 1.29 is 9.90 Å². The number of hydrogen-bond acceptors (Lipinski definition) is 2. The first-order chi connectivity index (χ1) is 8.58. The molecule has 0 aromatic heterocycles. The Morgan fingerprint density at radius 2 is 2.17 bits per heavy atom. The molecule has 0 spiro atoms. The fourth-order valence-electron chi connectivity index (χ4n) is 2.00. The maximum atomic E-state index is 11.5. The lowest BCUT2D eigenvalue weighted by atomic mass is 10.0. The number of aryl methyl sites for hydroxylation is 1. The Kier molecular flexibility index (Phi) is 3.87. The molecule has 1 aliphatic rings. The minimum atomic E-state index is -0.659. The van der Waals surface area contributed by atoms with E-state index in [1.165, 1.54) is 0 Å². The number of carbonyl (C=O) groups is 1. The minimum absolute atomic E-state index is 0.197. The Bertz CT molecular complexity index is 434. The summed E-state index contributed by atoms with van der Waals surface area (Å²) < 4.78 is 0. The van der Waals surface area contributed by atoms with Gasteiger partial charge in [-0.15, -0.1) is 0 Å². The highest BCUT2D eigenvalue weighted by Crippen LogP contribution is 2.28. The molecule has 1 aliphatic carbocycles. The van der Waals surface area contributed by atoms with Crippen LogP contribution in [0.25, 0.3) is 0 Å². The SMILES string of the molecule is Cc1ccccc1C(O)CNC(=O)NC1CC1C. The van der Waals surface area contributed by atoms with Gasteiger partial charge in [-0.1, -0.05) is 31.2 Å². The van der Waals surface area contributed by atoms with Crippen LogP contribution in [-0.2, 0) is 0 Å². The zero-order valence-corrected chi connectivity index (χ0v) is 10.8. The maximum absolute atomic E-state index is 11.5. The van der Waals surface area contributed by atoms with Gasteiger partial charge < -0.3 is 15.7 Å². The van der Waals surface area contributed by atoms with E-state index >= 15 is 0 Å². The summed E-state index contributed by atoms with van der Waals surface area (Å²) in [5, 5.41) is 15.6. The monoisotopic (exact) mass is 248 g/mol. The first-order valence-corrected chi connectivity index (χ1v) is 6.36. The number of hydrogen-bond donors (Lipinski definition) is 3. The van der Waals surface area contributed by atoms with Crippen molar-refractivity contribution in [1.29, 1.82) is 0 Å². The smallest absolute Gasteiger partial charge is 0.315 e. The van der Waals surface area contributed by atoms with Crippen molar-refractivity contribution in [3.63, 3.8) is 0 Å². The molecule has 2 amide bonds. The lowest BCUT2D eigenvalue weighted by Crippen LogP contribution is -2.39. The fourth-order valence-corrected chi connectivity index (χ4v) is 2.00. The predicted molar refractivity (Wildman–Crippen MR) is 70.2 cm³/mol. The molecule has 0 aliphatic heterocycles. The molecule has 1 aromatic rings. The molecule has 0 saturated heterocycles. The molecule has 2 rings (SSSR count). The highest BCUT2D eigenvalue weighted by molar-refractivity contribution is 5.74. The summed E-state index contributed by atoms with van der Waals surface area (Å²) in [6, 6.07) is 7.75. The van der Waals surface area contributed by atoms with Gasteiger partial charge in [0.05, 0.1) is 6.10 Å². The van der Waals surface area contributed by atoms with E-state index in [-0.39, 0.29) is 12.6 Å². The molecular formula is C14H20N2O2. The number of amides is 2. The minimum Gasteiger partial charge on any atom is -0.387 e. The van der Waals surface area contributed by atoms with Crippen LogP contribution in [0.2, 0.25) is 0 Å². The number of nitrogens with one attached hydrogen (secondary N) is 2. The quantitative estimate of drug-likeness (QED) is 0.760. The van der Waals surface area contributed by atoms with Gasteiger partial charge in [-0.05, 0) is 30.4 Å². The average Bonchev–Trinajstić information content (AvgIpc) is 3.02. The third kappa shape index (κ3) is 3.23. The van der Waals surface area contributed by atoms with Crippen LogP contribution in [-0.4, -0.2) is 23.7 Å². The molecule has 0 heterocycles. The average molecular weight is 248 g/mol. The van der Waals surface area contributed by atoms with Gasteiger partial charge in [0.25, 0.3) is 0 Å². The summed E-state index contributed by atoms with van der Waals surface area (Å²) in [7, 11) is 0. The van der Waals surface area contributed by atoms with E-state index in [1.54, 1.807) is 0 Å². The third-order valence-corrected chi connectivity index (χ3v) is 3.43. The molecule has 18 heavy (non-hydrogen) atoms. The Labute approximate surface area is 107 Å². The molecular weight excluding hydrogens is 228 g/mol. The number of benzene rings is 1. The fraction of sp³-hybridized carbons (Fsp3) is 0.500. The molecule has 1 aromatic carbocycles. The maximum Gasteiger partial charge on any atom is 0.315 e. The number of urea groups is 1. The highest BCUT2D eigenvalue weighted by Gasteiger charge is 2.33. The van der Waals surface area contributed by atoms with Crippen LogP contribution < -0.4 is 10.6 Å². The zero-order chi connectivity index (χ0) is 13.1. The predicted octanol–water partition coefficient (Wildman–Crippen LogP) is 1.74. The Hall–Kier alpha value is -1.55. The van der Waals surface area contributed by atoms with Gasteiger partial charge >= 0.3 is 6.03 Å². The standard InChI is InChI=1S/C14H20N2O2/c1-9-5-3-4-6-11(9)13(17)8-15-14(18)16-12-7-10(12)2/h3-6,10,12-13,17H,7-8H2,1-2H3,(H2,15,16,18). The van der Waals surface area contributed by atoms with Crippen LogP contribution in [0.1, 0.15) is 30.6 Å². The van der Waals surface area contributed by atoms with Gasteiger partial charge in [-0.25, -0.2) is 4.79 Å². The van der Waals surface area contributed by atoms with E-state index < -0.39 is 6.10 Å². The number of rotatable bonds is 4. The van der Waals surface area contributed by atoms with E-state index in [2.05, 4.69) is 17.6 Å². The second-order valence-electron chi connectivity index (χ2n) is 5.05. The molecule has 0 bridgehead atoms. The second kappa shape index (κ2) is 5.40. The van der Waals surface area contributed by atoms with Gasteiger partial charge in [-0.3, -0.25) is 0 Å². The summed E-state index contributed by atoms with van der Waals surface area (Å²) in [5.74, 6) is 0.581. The summed E-state index contributed by atoms with van der Waals surface area (Å²) in [6.45, 7) is 4.29. The highest BCUT2D eigenvalue weighted by atomic mass is 16.3. The largest absolute Gasteiger partial charge is 0.387 e. The van der Waals surface area contributed by atoms with Crippen molar-refractivity contribution in [1.82, 2.24) is 10.6 Å². The number of aliphatic hydroxyl groups is 1. The molecule has 1 fully saturated rings. The van der Waals surface area contributed by atoms with Crippen LogP contribution in [0.4, 0.5) is 4.79 Å². The van der Waals surface area contributed by atoms with Crippen LogP contribution in [0.15, 0.2) is 24.3 Å². The Balaban J connectivity index is 1.79. The van der Waals surface area contributed by atoms with E-state index in [0.717, 1.165) is 17.5 Å². The van der Waals surface area contributed by atoms with E-state index in [9.17, 15) is 9.90 Å². The van der Waals surface area contributed by atoms with E-state index in [0.29, 0.717) is 12.0 Å². The lowest BCUT2D eigenvalue weighted by molar-refractivity contribution is 0.172. The van der Waals surface area contributed by atoms with Gasteiger partial charge in [-0.2, -0.15) is 0 Å². The Morgan fingerprint density at radius 1 is 1.50 bits per heavy atom. The van der Waals surface area contributed by atoms with Crippen molar-refractivity contribution in [2.45, 2.75) is 32.4 Å². The normalized spacial score (nSPS) is 23.3. The van der Waals surface area contributed by atoms with Crippen LogP contribution >= 0.6 is 0 Å². The van der Waals surface area contributed by atoms with Gasteiger partial charge in [0.2, 0.25) is 0 Å². The van der Waals surface area contributed by atoms with Gasteiger partial charge in [0.15, 0.2) is 0 Å². The van der Waals surface area contributed by atoms with Crippen molar-refractivity contribution in [2.24, 2.45) is 5.92 Å². The van der Waals surface area contributed by atoms with Crippen molar-refractivity contribution in [2.75, 3.05) is 6.54 Å². The molecule has 98 valence electrons. The molecule has 0 radical (unpaired) electrons. The van der Waals surface area contributed by atoms with Crippen LogP contribution in [0.5, 0.6) is 0 Å². The molecule has 3 atom stereocenters. The number of carbonyl (C=O) groups excluding carboxylic acids is 1. The van der Waals surface area contributed by atoms with Crippen molar-refractivity contribution >= 4 is 6.03 Å². The second-order valence-corrected chi connectivity index (χ2v) is 5.05. The summed E-state index contributed by atoms with van der Waals surface area (Å²) in [4.78, 5) is 11.5.